The van der Waals surface area contributed by atoms with Crippen LogP contribution in [0, 0.1) is 11.7 Å². The molecule has 18 heavy (non-hydrogen) atoms. The van der Waals surface area contributed by atoms with Gasteiger partial charge in [-0.15, -0.1) is 0 Å². The Morgan fingerprint density at radius 2 is 2.06 bits per heavy atom. The minimum atomic E-state index is -1.35. The Labute approximate surface area is 112 Å². The van der Waals surface area contributed by atoms with Crippen molar-refractivity contribution in [3.63, 3.8) is 0 Å². The van der Waals surface area contributed by atoms with E-state index in [0.717, 1.165) is 12.1 Å². The van der Waals surface area contributed by atoms with E-state index in [2.05, 4.69) is 20.9 Å². The lowest BCUT2D eigenvalue weighted by Crippen LogP contribution is -2.30. The van der Waals surface area contributed by atoms with Gasteiger partial charge in [0.1, 0.15) is 5.82 Å². The molecule has 0 aliphatic heterocycles. The number of aliphatic imine (C=N–C) groups is 1. The van der Waals surface area contributed by atoms with Crippen molar-refractivity contribution in [2.24, 2.45) is 10.9 Å². The van der Waals surface area contributed by atoms with Crippen molar-refractivity contribution in [3.05, 3.63) is 34.1 Å². The lowest BCUT2D eigenvalue weighted by molar-refractivity contribution is -0.137. The molecule has 0 radical (unpaired) electrons. The standard InChI is InChI=1S/C12H11BrFNO3/c1-6(15-2)10(12(17)18)11(16)8-4-3-7(14)5-9(8)13/h3-5,10H,1-2H3,(H,17,18). The SMILES string of the molecule is CN=C(C)C(C(=O)O)C(=O)c1ccc(F)cc1Br. The number of carboxylic acids is 1. The Balaban J connectivity index is 3.22. The number of carbonyl (C=O) groups excluding carboxylic acids is 1. The molecule has 0 amide bonds. The molecule has 0 saturated carbocycles. The molecule has 0 heterocycles. The summed E-state index contributed by atoms with van der Waals surface area (Å²) in [5, 5.41) is 9.06. The number of aliphatic carboxylic acids is 1. The summed E-state index contributed by atoms with van der Waals surface area (Å²) in [5.41, 5.74) is 0.315. The molecule has 0 aliphatic carbocycles. The monoisotopic (exact) mass is 315 g/mol. The second-order valence-corrected chi connectivity index (χ2v) is 4.48. The van der Waals surface area contributed by atoms with Crippen LogP contribution in [0.25, 0.3) is 0 Å². The fraction of sp³-hybridized carbons (Fsp3) is 0.250. The summed E-state index contributed by atoms with van der Waals surface area (Å²) in [6, 6.07) is 3.47. The summed E-state index contributed by atoms with van der Waals surface area (Å²) < 4.78 is 13.1. The van der Waals surface area contributed by atoms with Gasteiger partial charge in [-0.25, -0.2) is 4.39 Å². The van der Waals surface area contributed by atoms with Crippen molar-refractivity contribution in [3.8, 4) is 0 Å². The van der Waals surface area contributed by atoms with Gasteiger partial charge in [0.15, 0.2) is 11.7 Å². The van der Waals surface area contributed by atoms with Gasteiger partial charge in [0.25, 0.3) is 0 Å². The summed E-state index contributed by atoms with van der Waals surface area (Å²) in [4.78, 5) is 26.9. The summed E-state index contributed by atoms with van der Waals surface area (Å²) in [7, 11) is 1.41. The van der Waals surface area contributed by atoms with Crippen molar-refractivity contribution >= 4 is 33.4 Å². The van der Waals surface area contributed by atoms with Gasteiger partial charge in [-0.2, -0.15) is 0 Å². The number of ketones is 1. The van der Waals surface area contributed by atoms with Gasteiger partial charge < -0.3 is 5.11 Å². The molecular formula is C12H11BrFNO3. The number of carboxylic acid groups (broad SMARTS) is 1. The van der Waals surface area contributed by atoms with Crippen LogP contribution in [0.1, 0.15) is 17.3 Å². The molecule has 0 aliphatic rings. The van der Waals surface area contributed by atoms with Gasteiger partial charge in [-0.1, -0.05) is 0 Å². The highest BCUT2D eigenvalue weighted by atomic mass is 79.9. The fourth-order valence-corrected chi connectivity index (χ4v) is 2.00. The van der Waals surface area contributed by atoms with Gasteiger partial charge in [0.2, 0.25) is 0 Å². The quantitative estimate of drug-likeness (QED) is 0.527. The summed E-state index contributed by atoms with van der Waals surface area (Å²) in [5.74, 6) is -3.76. The smallest absolute Gasteiger partial charge is 0.320 e. The Morgan fingerprint density at radius 3 is 2.50 bits per heavy atom. The molecule has 96 valence electrons. The first-order valence-electron chi connectivity index (χ1n) is 5.03. The number of Topliss-reactive ketones (excluding diaryl/α,β-unsaturated/α-hetero) is 1. The van der Waals surface area contributed by atoms with E-state index in [0.29, 0.717) is 0 Å². The lowest BCUT2D eigenvalue weighted by Gasteiger charge is -2.12. The Morgan fingerprint density at radius 1 is 1.44 bits per heavy atom. The van der Waals surface area contributed by atoms with Gasteiger partial charge in [-0.05, 0) is 41.1 Å². The zero-order valence-electron chi connectivity index (χ0n) is 9.78. The molecule has 1 rings (SSSR count). The maximum Gasteiger partial charge on any atom is 0.320 e. The molecule has 0 saturated heterocycles. The van der Waals surface area contributed by atoms with E-state index in [1.165, 1.54) is 20.0 Å². The van der Waals surface area contributed by atoms with Crippen molar-refractivity contribution < 1.29 is 19.1 Å². The van der Waals surface area contributed by atoms with E-state index >= 15 is 0 Å². The Hall–Kier alpha value is -1.56. The zero-order valence-corrected chi connectivity index (χ0v) is 11.4. The van der Waals surface area contributed by atoms with Crippen LogP contribution in [-0.2, 0) is 4.79 Å². The van der Waals surface area contributed by atoms with E-state index in [-0.39, 0.29) is 15.7 Å². The van der Waals surface area contributed by atoms with Crippen molar-refractivity contribution in [2.75, 3.05) is 7.05 Å². The molecule has 1 aromatic carbocycles. The Kier molecular flexibility index (Phi) is 4.72. The van der Waals surface area contributed by atoms with E-state index in [1.54, 1.807) is 0 Å². The van der Waals surface area contributed by atoms with Crippen LogP contribution in [0.5, 0.6) is 0 Å². The molecule has 1 N–H and O–H groups in total. The first-order chi connectivity index (χ1) is 8.38. The molecule has 4 nitrogen and oxygen atoms in total. The van der Waals surface area contributed by atoms with Gasteiger partial charge in [0.05, 0.1) is 0 Å². The second-order valence-electron chi connectivity index (χ2n) is 3.62. The minimum absolute atomic E-state index is 0.117. The molecule has 1 atom stereocenters. The molecule has 1 unspecified atom stereocenters. The average Bonchev–Trinajstić information content (AvgIpc) is 2.28. The van der Waals surface area contributed by atoms with E-state index < -0.39 is 23.5 Å². The maximum atomic E-state index is 12.9. The van der Waals surface area contributed by atoms with E-state index in [9.17, 15) is 14.0 Å². The van der Waals surface area contributed by atoms with E-state index in [4.69, 9.17) is 5.11 Å². The highest BCUT2D eigenvalue weighted by Crippen LogP contribution is 2.22. The van der Waals surface area contributed by atoms with Gasteiger partial charge in [-0.3, -0.25) is 14.6 Å². The van der Waals surface area contributed by atoms with Crippen LogP contribution >= 0.6 is 15.9 Å². The van der Waals surface area contributed by atoms with Crippen molar-refractivity contribution in [1.29, 1.82) is 0 Å². The number of hydrogen-bond acceptors (Lipinski definition) is 3. The zero-order chi connectivity index (χ0) is 13.9. The molecule has 0 spiro atoms. The maximum absolute atomic E-state index is 12.9. The number of benzene rings is 1. The summed E-state index contributed by atoms with van der Waals surface area (Å²) >= 11 is 3.04. The molecule has 6 heteroatoms. The normalized spacial score (nSPS) is 13.2. The number of rotatable bonds is 4. The summed E-state index contributed by atoms with van der Waals surface area (Å²) in [6.45, 7) is 1.47. The fourth-order valence-electron chi connectivity index (χ4n) is 1.45. The van der Waals surface area contributed by atoms with Gasteiger partial charge >= 0.3 is 5.97 Å². The number of nitrogens with zero attached hydrogens (tertiary/aromatic N) is 1. The highest BCUT2D eigenvalue weighted by Gasteiger charge is 2.31. The average molecular weight is 316 g/mol. The van der Waals surface area contributed by atoms with Crippen LogP contribution in [0.4, 0.5) is 4.39 Å². The lowest BCUT2D eigenvalue weighted by atomic mass is 9.94. The largest absolute Gasteiger partial charge is 0.480 e. The first-order valence-corrected chi connectivity index (χ1v) is 5.83. The van der Waals surface area contributed by atoms with Crippen LogP contribution in [0.3, 0.4) is 0 Å². The molecule has 0 aromatic heterocycles. The van der Waals surface area contributed by atoms with Crippen LogP contribution < -0.4 is 0 Å². The molecule has 0 bridgehead atoms. The highest BCUT2D eigenvalue weighted by molar-refractivity contribution is 9.10. The Bertz CT molecular complexity index is 528. The van der Waals surface area contributed by atoms with Crippen LogP contribution in [-0.4, -0.2) is 29.6 Å². The van der Waals surface area contributed by atoms with Gasteiger partial charge in [0, 0.05) is 22.8 Å². The molecular weight excluding hydrogens is 305 g/mol. The molecule has 0 fully saturated rings. The van der Waals surface area contributed by atoms with E-state index in [1.807, 2.05) is 0 Å². The summed E-state index contributed by atoms with van der Waals surface area (Å²) in [6.07, 6.45) is 0. The van der Waals surface area contributed by atoms with Crippen LogP contribution in [0.15, 0.2) is 27.7 Å². The predicted molar refractivity (Wildman–Crippen MR) is 68.6 cm³/mol. The first kappa shape index (κ1) is 14.5. The van der Waals surface area contributed by atoms with Crippen molar-refractivity contribution in [1.82, 2.24) is 0 Å². The molecule has 1 aromatic rings. The second kappa shape index (κ2) is 5.86. The predicted octanol–water partition coefficient (Wildman–Crippen LogP) is 2.56. The third-order valence-corrected chi connectivity index (χ3v) is 3.13. The number of carbonyl (C=O) groups is 2. The number of halogens is 2. The third kappa shape index (κ3) is 3.01. The third-order valence-electron chi connectivity index (χ3n) is 2.48. The topological polar surface area (TPSA) is 66.7 Å². The van der Waals surface area contributed by atoms with Crippen LogP contribution in [0.2, 0.25) is 0 Å². The van der Waals surface area contributed by atoms with Crippen molar-refractivity contribution in [2.45, 2.75) is 6.92 Å². The number of hydrogen-bond donors (Lipinski definition) is 1. The minimum Gasteiger partial charge on any atom is -0.480 e.